The molecule has 1 heterocycles. The zero-order valence-corrected chi connectivity index (χ0v) is 13.1. The third-order valence-electron chi connectivity index (χ3n) is 4.12. The maximum absolute atomic E-state index is 11.4. The predicted octanol–water partition coefficient (Wildman–Crippen LogP) is 0.745. The molecule has 1 aliphatic rings. The van der Waals surface area contributed by atoms with Crippen molar-refractivity contribution in [2.45, 2.75) is 12.0 Å². The molecule has 114 valence electrons. The second kappa shape index (κ2) is 6.56. The average molecular weight is 307 g/mol. The van der Waals surface area contributed by atoms with E-state index in [0.717, 1.165) is 5.56 Å². The lowest BCUT2D eigenvalue weighted by molar-refractivity contribution is 0.260. The van der Waals surface area contributed by atoms with Crippen LogP contribution in [0.4, 0.5) is 0 Å². The van der Waals surface area contributed by atoms with Gasteiger partial charge in [-0.2, -0.15) is 5.26 Å². The Hall–Kier alpha value is -1.42. The molecule has 1 saturated heterocycles. The third kappa shape index (κ3) is 3.82. The van der Waals surface area contributed by atoms with E-state index in [4.69, 9.17) is 0 Å². The van der Waals surface area contributed by atoms with Crippen molar-refractivity contribution in [1.82, 2.24) is 10.2 Å². The largest absolute Gasteiger partial charge is 0.301 e. The first kappa shape index (κ1) is 16.0. The van der Waals surface area contributed by atoms with Crippen LogP contribution < -0.4 is 5.32 Å². The summed E-state index contributed by atoms with van der Waals surface area (Å²) in [5.41, 5.74) is 0.219. The van der Waals surface area contributed by atoms with Gasteiger partial charge in [0.15, 0.2) is 9.84 Å². The van der Waals surface area contributed by atoms with E-state index in [0.29, 0.717) is 26.1 Å². The minimum atomic E-state index is -2.86. The molecule has 0 bridgehead atoms. The Balaban J connectivity index is 2.04. The van der Waals surface area contributed by atoms with Crippen LogP contribution in [0, 0.1) is 11.3 Å². The molecule has 1 aromatic rings. The van der Waals surface area contributed by atoms with Crippen molar-refractivity contribution in [3.63, 3.8) is 0 Å². The lowest BCUT2D eigenvalue weighted by Crippen LogP contribution is -2.45. The summed E-state index contributed by atoms with van der Waals surface area (Å²) in [6.45, 7) is 1.82. The Labute approximate surface area is 126 Å². The van der Waals surface area contributed by atoms with E-state index < -0.39 is 15.4 Å². The van der Waals surface area contributed by atoms with E-state index >= 15 is 0 Å². The number of nitrogens with one attached hydrogen (secondary N) is 1. The summed E-state index contributed by atoms with van der Waals surface area (Å²) in [6.07, 6.45) is 0.629. The van der Waals surface area contributed by atoms with Crippen molar-refractivity contribution in [1.29, 1.82) is 5.26 Å². The molecule has 0 radical (unpaired) electrons. The first-order valence-corrected chi connectivity index (χ1v) is 8.92. The highest BCUT2D eigenvalue weighted by molar-refractivity contribution is 7.91. The monoisotopic (exact) mass is 307 g/mol. The zero-order chi connectivity index (χ0) is 15.3. The molecule has 0 aromatic heterocycles. The molecule has 2 rings (SSSR count). The van der Waals surface area contributed by atoms with Crippen molar-refractivity contribution >= 4 is 9.84 Å². The smallest absolute Gasteiger partial charge is 0.152 e. The van der Waals surface area contributed by atoms with Gasteiger partial charge in [-0.25, -0.2) is 8.42 Å². The highest BCUT2D eigenvalue weighted by Gasteiger charge is 2.31. The van der Waals surface area contributed by atoms with Gasteiger partial charge in [-0.3, -0.25) is 5.32 Å². The van der Waals surface area contributed by atoms with Crippen LogP contribution in [0.2, 0.25) is 0 Å². The van der Waals surface area contributed by atoms with Gasteiger partial charge in [0.1, 0.15) is 5.54 Å². The maximum Gasteiger partial charge on any atom is 0.152 e. The van der Waals surface area contributed by atoms with Gasteiger partial charge >= 0.3 is 0 Å². The molecule has 0 aliphatic carbocycles. The Morgan fingerprint density at radius 1 is 1.29 bits per heavy atom. The van der Waals surface area contributed by atoms with E-state index in [9.17, 15) is 13.7 Å². The minimum absolute atomic E-state index is 0.220. The Bertz CT molecular complexity index is 596. The quantitative estimate of drug-likeness (QED) is 0.869. The minimum Gasteiger partial charge on any atom is -0.301 e. The molecule has 0 saturated carbocycles. The molecule has 0 spiro atoms. The van der Waals surface area contributed by atoms with Crippen LogP contribution in [0.15, 0.2) is 30.3 Å². The Kier molecular flexibility index (Phi) is 4.99. The van der Waals surface area contributed by atoms with E-state index in [1.54, 1.807) is 7.05 Å². The molecule has 1 fully saturated rings. The summed E-state index contributed by atoms with van der Waals surface area (Å²) in [5.74, 6) is 0.439. The van der Waals surface area contributed by atoms with E-state index in [-0.39, 0.29) is 11.5 Å². The van der Waals surface area contributed by atoms with Crippen LogP contribution in [0.1, 0.15) is 12.0 Å². The lowest BCUT2D eigenvalue weighted by atomic mass is 9.88. The molecule has 1 atom stereocenters. The number of benzene rings is 1. The van der Waals surface area contributed by atoms with Crippen molar-refractivity contribution in [3.8, 4) is 6.07 Å². The normalized spacial score (nSPS) is 21.3. The highest BCUT2D eigenvalue weighted by atomic mass is 32.2. The van der Waals surface area contributed by atoms with Gasteiger partial charge in [0.2, 0.25) is 0 Å². The maximum atomic E-state index is 11.4. The van der Waals surface area contributed by atoms with Crippen LogP contribution in [0.5, 0.6) is 0 Å². The number of hydrogen-bond donors (Lipinski definition) is 1. The molecule has 6 heteroatoms. The average Bonchev–Trinajstić information content (AvgIpc) is 2.51. The van der Waals surface area contributed by atoms with Gasteiger partial charge in [-0.05, 0) is 19.0 Å². The van der Waals surface area contributed by atoms with Crippen LogP contribution in [0.25, 0.3) is 0 Å². The molecule has 1 aliphatic heterocycles. The van der Waals surface area contributed by atoms with Crippen molar-refractivity contribution in [3.05, 3.63) is 35.9 Å². The van der Waals surface area contributed by atoms with Gasteiger partial charge in [-0.15, -0.1) is 0 Å². The van der Waals surface area contributed by atoms with Crippen LogP contribution in [0.3, 0.4) is 0 Å². The number of sulfone groups is 1. The van der Waals surface area contributed by atoms with Crippen LogP contribution in [-0.4, -0.2) is 51.5 Å². The van der Waals surface area contributed by atoms with Gasteiger partial charge in [0.05, 0.1) is 17.6 Å². The fraction of sp³-hybridized carbons (Fsp3) is 0.533. The topological polar surface area (TPSA) is 73.2 Å². The first-order valence-electron chi connectivity index (χ1n) is 7.10. The van der Waals surface area contributed by atoms with Crippen molar-refractivity contribution in [2.24, 2.45) is 0 Å². The lowest BCUT2D eigenvalue weighted by Gasteiger charge is -2.32. The third-order valence-corrected chi connectivity index (χ3v) is 5.73. The molecular formula is C15H21N3O2S. The molecule has 1 N–H and O–H groups in total. The van der Waals surface area contributed by atoms with Gasteiger partial charge < -0.3 is 4.90 Å². The van der Waals surface area contributed by atoms with E-state index in [2.05, 4.69) is 16.3 Å². The summed E-state index contributed by atoms with van der Waals surface area (Å²) in [4.78, 5) is 2.12. The zero-order valence-electron chi connectivity index (χ0n) is 12.2. The van der Waals surface area contributed by atoms with Gasteiger partial charge in [-0.1, -0.05) is 30.3 Å². The van der Waals surface area contributed by atoms with Crippen molar-refractivity contribution in [2.75, 3.05) is 38.2 Å². The standard InChI is InChI=1S/C15H21N3O2S/c1-17-15(13-16,14-5-3-2-4-6-14)7-8-18-9-11-21(19,20)12-10-18/h2-6,17H,7-12H2,1H3. The Morgan fingerprint density at radius 2 is 1.90 bits per heavy atom. The molecule has 0 amide bonds. The highest BCUT2D eigenvalue weighted by Crippen LogP contribution is 2.24. The molecule has 21 heavy (non-hydrogen) atoms. The number of rotatable bonds is 5. The summed E-state index contributed by atoms with van der Waals surface area (Å²) in [5, 5.41) is 12.7. The molecule has 1 unspecified atom stereocenters. The first-order chi connectivity index (χ1) is 10.0. The second-order valence-electron chi connectivity index (χ2n) is 5.38. The van der Waals surface area contributed by atoms with Crippen LogP contribution in [-0.2, 0) is 15.4 Å². The van der Waals surface area contributed by atoms with Gasteiger partial charge in [0.25, 0.3) is 0 Å². The predicted molar refractivity (Wildman–Crippen MR) is 82.5 cm³/mol. The summed E-state index contributed by atoms with van der Waals surface area (Å²) >= 11 is 0. The van der Waals surface area contributed by atoms with E-state index in [1.807, 2.05) is 30.3 Å². The van der Waals surface area contributed by atoms with E-state index in [1.165, 1.54) is 0 Å². The fourth-order valence-corrected chi connectivity index (χ4v) is 3.89. The van der Waals surface area contributed by atoms with Crippen LogP contribution >= 0.6 is 0 Å². The van der Waals surface area contributed by atoms with Gasteiger partial charge in [0, 0.05) is 19.6 Å². The van der Waals surface area contributed by atoms with Crippen molar-refractivity contribution < 1.29 is 8.42 Å². The molecule has 5 nitrogen and oxygen atoms in total. The fourth-order valence-electron chi connectivity index (χ4n) is 2.61. The molecule has 1 aromatic carbocycles. The second-order valence-corrected chi connectivity index (χ2v) is 7.68. The molecular weight excluding hydrogens is 286 g/mol. The number of hydrogen-bond acceptors (Lipinski definition) is 5. The SMILES string of the molecule is CNC(C#N)(CCN1CCS(=O)(=O)CC1)c1ccccc1. The Morgan fingerprint density at radius 3 is 2.43 bits per heavy atom. The number of nitrogens with zero attached hydrogens (tertiary/aromatic N) is 2. The summed E-state index contributed by atoms with van der Waals surface area (Å²) < 4.78 is 22.9. The summed E-state index contributed by atoms with van der Waals surface area (Å²) in [6, 6.07) is 12.0. The number of nitriles is 1. The summed E-state index contributed by atoms with van der Waals surface area (Å²) in [7, 11) is -1.07.